The Morgan fingerprint density at radius 3 is 2.69 bits per heavy atom. The lowest BCUT2D eigenvalue weighted by Gasteiger charge is -2.14. The molecule has 9 heteroatoms. The zero-order chi connectivity index (χ0) is 25.2. The Balaban J connectivity index is 0.000000527. The third-order valence-electron chi connectivity index (χ3n) is 6.28. The normalized spacial score (nSPS) is 18.0. The average molecular weight is 500 g/mol. The van der Waals surface area contributed by atoms with Gasteiger partial charge in [-0.2, -0.15) is 0 Å². The van der Waals surface area contributed by atoms with Crippen molar-refractivity contribution in [3.8, 4) is 0 Å². The number of hydrogen-bond acceptors (Lipinski definition) is 6. The van der Waals surface area contributed by atoms with Gasteiger partial charge in [0, 0.05) is 24.7 Å². The minimum atomic E-state index is -1.50. The van der Waals surface area contributed by atoms with Gasteiger partial charge in [-0.3, -0.25) is 0 Å². The zero-order valence-corrected chi connectivity index (χ0v) is 20.9. The molecule has 1 fully saturated rings. The number of hydrogen-bond donors (Lipinski definition) is 3. The van der Waals surface area contributed by atoms with E-state index in [0.717, 1.165) is 47.6 Å². The molecule has 1 aromatic carbocycles. The number of halogens is 2. The number of aryl methyl sites for hydroxylation is 1. The van der Waals surface area contributed by atoms with Crippen molar-refractivity contribution in [1.82, 2.24) is 19.5 Å². The van der Waals surface area contributed by atoms with E-state index in [0.29, 0.717) is 22.9 Å². The fraction of sp³-hybridized carbons (Fsp3) is 0.423. The van der Waals surface area contributed by atoms with Crippen molar-refractivity contribution in [2.75, 3.05) is 12.4 Å². The molecular weight excluding hydrogens is 469 g/mol. The maximum atomic E-state index is 13.9. The summed E-state index contributed by atoms with van der Waals surface area (Å²) in [5.41, 5.74) is 3.00. The summed E-state index contributed by atoms with van der Waals surface area (Å²) in [7, 11) is 1.69. The van der Waals surface area contributed by atoms with Gasteiger partial charge in [-0.1, -0.05) is 23.7 Å². The van der Waals surface area contributed by atoms with Gasteiger partial charge in [0.1, 0.15) is 17.1 Å². The van der Waals surface area contributed by atoms with Crippen LogP contribution in [0.5, 0.6) is 0 Å². The van der Waals surface area contributed by atoms with E-state index < -0.39 is 5.79 Å². The first-order valence-corrected chi connectivity index (χ1v) is 12.2. The van der Waals surface area contributed by atoms with E-state index in [9.17, 15) is 4.39 Å². The number of aromatic nitrogens is 4. The van der Waals surface area contributed by atoms with E-state index in [1.165, 1.54) is 38.2 Å². The molecule has 3 aromatic heterocycles. The van der Waals surface area contributed by atoms with Gasteiger partial charge in [-0.05, 0) is 75.6 Å². The van der Waals surface area contributed by atoms with Crippen LogP contribution in [-0.2, 0) is 6.42 Å². The standard InChI is InChI=1S/C23H23ClFN5.C3H8O2/c1-26-22-19(25)12-16-6-4-15(11-20(16)29-22)3-2-14-5-7-17(10-14)30-9-8-18-21(24)27-13-28-23(18)30;1-3(2,4)5/h4,6,8-9,11-14,17H,2-3,5,7,10H2,1H3,(H,26,29);4-5H,1-2H3. The molecule has 4 aromatic rings. The molecule has 0 spiro atoms. The van der Waals surface area contributed by atoms with E-state index in [2.05, 4.69) is 43.2 Å². The highest BCUT2D eigenvalue weighted by Gasteiger charge is 2.27. The Morgan fingerprint density at radius 2 is 1.94 bits per heavy atom. The van der Waals surface area contributed by atoms with Crippen molar-refractivity contribution in [3.63, 3.8) is 0 Å². The van der Waals surface area contributed by atoms with Crippen LogP contribution in [0.4, 0.5) is 10.2 Å². The first kappa shape index (κ1) is 25.3. The number of benzene rings is 1. The monoisotopic (exact) mass is 499 g/mol. The Labute approximate surface area is 209 Å². The topological polar surface area (TPSA) is 96.1 Å². The largest absolute Gasteiger partial charge is 0.371 e. The van der Waals surface area contributed by atoms with Crippen LogP contribution in [0.25, 0.3) is 21.9 Å². The lowest BCUT2D eigenvalue weighted by Crippen LogP contribution is -2.15. The molecule has 0 aliphatic heterocycles. The van der Waals surface area contributed by atoms with E-state index in [4.69, 9.17) is 21.8 Å². The fourth-order valence-electron chi connectivity index (χ4n) is 4.69. The molecule has 2 unspecified atom stereocenters. The summed E-state index contributed by atoms with van der Waals surface area (Å²) < 4.78 is 16.2. The first-order chi connectivity index (χ1) is 16.6. The summed E-state index contributed by atoms with van der Waals surface area (Å²) in [6.07, 6.45) is 9.27. The number of fused-ring (bicyclic) bond motifs is 2. The SMILES string of the molecule is CC(C)(O)O.CNc1nc2cc(CCC3CCC(n4ccc5c(Cl)ncnc54)C3)ccc2cc1F. The third kappa shape index (κ3) is 6.25. The van der Waals surface area contributed by atoms with Gasteiger partial charge in [0.2, 0.25) is 0 Å². The van der Waals surface area contributed by atoms with E-state index in [-0.39, 0.29) is 5.82 Å². The third-order valence-corrected chi connectivity index (χ3v) is 6.58. The number of nitrogens with one attached hydrogen (secondary N) is 1. The molecule has 1 aliphatic carbocycles. The van der Waals surface area contributed by atoms with Crippen molar-refractivity contribution in [2.24, 2.45) is 5.92 Å². The minimum absolute atomic E-state index is 0.293. The van der Waals surface area contributed by atoms with Crippen molar-refractivity contribution < 1.29 is 14.6 Å². The lowest BCUT2D eigenvalue weighted by atomic mass is 9.97. The van der Waals surface area contributed by atoms with Crippen molar-refractivity contribution in [1.29, 1.82) is 0 Å². The maximum absolute atomic E-state index is 13.9. The highest BCUT2D eigenvalue weighted by molar-refractivity contribution is 6.33. The van der Waals surface area contributed by atoms with E-state index >= 15 is 0 Å². The maximum Gasteiger partial charge on any atom is 0.166 e. The second kappa shape index (κ2) is 10.4. The average Bonchev–Trinajstić information content (AvgIpc) is 3.43. The van der Waals surface area contributed by atoms with E-state index in [1.54, 1.807) is 7.05 Å². The first-order valence-electron chi connectivity index (χ1n) is 11.8. The smallest absolute Gasteiger partial charge is 0.166 e. The molecule has 0 bridgehead atoms. The summed E-state index contributed by atoms with van der Waals surface area (Å²) in [4.78, 5) is 12.9. The molecule has 1 aliphatic rings. The Bertz CT molecular complexity index is 1310. The number of rotatable bonds is 5. The molecule has 0 amide bonds. The summed E-state index contributed by atoms with van der Waals surface area (Å²) in [5, 5.41) is 21.2. The van der Waals surface area contributed by atoms with Gasteiger partial charge in [0.25, 0.3) is 0 Å². The molecule has 35 heavy (non-hydrogen) atoms. The number of anilines is 1. The number of aliphatic hydroxyl groups is 2. The molecule has 186 valence electrons. The highest BCUT2D eigenvalue weighted by Crippen LogP contribution is 2.39. The predicted octanol–water partition coefficient (Wildman–Crippen LogP) is 5.49. The predicted molar refractivity (Wildman–Crippen MR) is 137 cm³/mol. The molecule has 0 radical (unpaired) electrons. The van der Waals surface area contributed by atoms with Crippen LogP contribution in [0.15, 0.2) is 42.9 Å². The molecule has 0 saturated heterocycles. The molecule has 3 N–H and O–H groups in total. The van der Waals surface area contributed by atoms with Crippen LogP contribution < -0.4 is 5.32 Å². The van der Waals surface area contributed by atoms with Crippen molar-refractivity contribution >= 4 is 39.4 Å². The summed E-state index contributed by atoms with van der Waals surface area (Å²) in [6, 6.07) is 10.1. The summed E-state index contributed by atoms with van der Waals surface area (Å²) in [5.74, 6) is -0.852. The zero-order valence-electron chi connectivity index (χ0n) is 20.2. The molecule has 5 rings (SSSR count). The Morgan fingerprint density at radius 1 is 1.17 bits per heavy atom. The fourth-order valence-corrected chi connectivity index (χ4v) is 4.88. The van der Waals surface area contributed by atoms with Gasteiger partial charge >= 0.3 is 0 Å². The van der Waals surface area contributed by atoms with Crippen LogP contribution in [-0.4, -0.2) is 42.6 Å². The van der Waals surface area contributed by atoms with Crippen LogP contribution in [0.2, 0.25) is 5.15 Å². The highest BCUT2D eigenvalue weighted by atomic mass is 35.5. The summed E-state index contributed by atoms with van der Waals surface area (Å²) >= 11 is 6.20. The Hall–Kier alpha value is -2.81. The van der Waals surface area contributed by atoms with Crippen molar-refractivity contribution in [2.45, 2.75) is 57.8 Å². The summed E-state index contributed by atoms with van der Waals surface area (Å²) in [6.45, 7) is 2.60. The van der Waals surface area contributed by atoms with Gasteiger partial charge in [-0.15, -0.1) is 0 Å². The van der Waals surface area contributed by atoms with Crippen LogP contribution >= 0.6 is 11.6 Å². The lowest BCUT2D eigenvalue weighted by molar-refractivity contribution is -0.127. The van der Waals surface area contributed by atoms with Crippen LogP contribution in [0.1, 0.15) is 51.1 Å². The Kier molecular flexibility index (Phi) is 7.54. The van der Waals surface area contributed by atoms with Crippen molar-refractivity contribution in [3.05, 3.63) is 59.4 Å². The van der Waals surface area contributed by atoms with E-state index in [1.807, 2.05) is 12.1 Å². The molecule has 1 saturated carbocycles. The van der Waals surface area contributed by atoms with Crippen LogP contribution in [0.3, 0.4) is 0 Å². The number of nitrogens with zero attached hydrogens (tertiary/aromatic N) is 4. The molecular formula is C26H31ClFN5O2. The number of pyridine rings is 1. The molecule has 2 atom stereocenters. The van der Waals surface area contributed by atoms with Gasteiger partial charge in [-0.25, -0.2) is 19.3 Å². The molecule has 3 heterocycles. The van der Waals surface area contributed by atoms with Crippen LogP contribution in [0, 0.1) is 11.7 Å². The van der Waals surface area contributed by atoms with Gasteiger partial charge in [0.05, 0.1) is 10.9 Å². The minimum Gasteiger partial charge on any atom is -0.371 e. The van der Waals surface area contributed by atoms with Gasteiger partial charge in [0.15, 0.2) is 17.4 Å². The second-order valence-corrected chi connectivity index (χ2v) is 9.94. The van der Waals surface area contributed by atoms with Gasteiger partial charge < -0.3 is 20.1 Å². The quantitative estimate of drug-likeness (QED) is 0.248. The molecule has 7 nitrogen and oxygen atoms in total. The second-order valence-electron chi connectivity index (χ2n) is 9.59.